The van der Waals surface area contributed by atoms with Crippen LogP contribution in [0.4, 0.5) is 0 Å². The monoisotopic (exact) mass is 1100 g/mol. The van der Waals surface area contributed by atoms with Gasteiger partial charge in [0.1, 0.15) is 11.5 Å². The fraction of sp³-hybridized carbons (Fsp3) is 0.680. The number of likely N-dealkylation sites (tertiary alicyclic amines) is 2. The number of aliphatic hydroxyl groups is 2. The normalized spacial score (nSPS) is 26.6. The van der Waals surface area contributed by atoms with Crippen LogP contribution in [0.25, 0.3) is 0 Å². The molecule has 0 aromatic heterocycles. The van der Waals surface area contributed by atoms with Crippen LogP contribution >= 0.6 is 0 Å². The van der Waals surface area contributed by atoms with Crippen molar-refractivity contribution in [2.75, 3.05) is 52.5 Å². The van der Waals surface area contributed by atoms with Gasteiger partial charge in [-0.1, -0.05) is 37.1 Å². The van der Waals surface area contributed by atoms with Gasteiger partial charge in [-0.2, -0.15) is 26.8 Å². The summed E-state index contributed by atoms with van der Waals surface area (Å²) >= 11 is 0. The van der Waals surface area contributed by atoms with Crippen LogP contribution in [0.3, 0.4) is 0 Å². The number of aliphatic imine (C=N–C) groups is 2. The minimum absolute atomic E-state index is 0.0979. The Morgan fingerprint density at radius 1 is 0.645 bits per heavy atom. The first kappa shape index (κ1) is 57.3. The summed E-state index contributed by atoms with van der Waals surface area (Å²) in [5.74, 6) is -8.58. The van der Waals surface area contributed by atoms with Gasteiger partial charge in [-0.05, 0) is 165 Å². The molecule has 4 aliphatic heterocycles. The van der Waals surface area contributed by atoms with Gasteiger partial charge >= 0.3 is 44.3 Å². The molecule has 0 amide bonds. The summed E-state index contributed by atoms with van der Waals surface area (Å²) in [7, 11) is -9.18. The molecular formula is C50H78N12O12S2. The number of fused-ring (bicyclic) bond motifs is 2. The Labute approximate surface area is 446 Å². The van der Waals surface area contributed by atoms with E-state index in [4.69, 9.17) is 30.4 Å². The van der Waals surface area contributed by atoms with E-state index in [1.807, 2.05) is 24.3 Å². The number of esters is 2. The second kappa shape index (κ2) is 24.4. The van der Waals surface area contributed by atoms with Gasteiger partial charge in [-0.3, -0.25) is 9.80 Å². The number of rotatable bonds is 21. The third-order valence-corrected chi connectivity index (χ3v) is 18.0. The van der Waals surface area contributed by atoms with Crippen LogP contribution in [0, 0.1) is 0 Å². The Bertz CT molecular complexity index is 2490. The number of aliphatic hydroxyl groups excluding tert-OH is 2. The van der Waals surface area contributed by atoms with E-state index in [0.29, 0.717) is 12.1 Å². The number of hydrogen-bond acceptors (Lipinski definition) is 20. The number of guanidine groups is 2. The molecule has 2 aromatic carbocycles. The van der Waals surface area contributed by atoms with E-state index in [9.17, 15) is 36.6 Å². The number of nitrogens with two attached hydrogens (primary N) is 2. The van der Waals surface area contributed by atoms with Gasteiger partial charge in [0, 0.05) is 37.3 Å². The first-order valence-electron chi connectivity index (χ1n) is 26.9. The molecule has 6 aliphatic rings. The van der Waals surface area contributed by atoms with Crippen molar-refractivity contribution >= 4 is 44.3 Å². The van der Waals surface area contributed by atoms with E-state index < -0.39 is 80.5 Å². The molecule has 0 bridgehead atoms. The molecule has 6 atom stereocenters. The predicted octanol–water partition coefficient (Wildman–Crippen LogP) is 1.61. The van der Waals surface area contributed by atoms with Gasteiger partial charge in [0.15, 0.2) is 12.2 Å². The molecular weight excluding hydrogens is 1020 g/mol. The molecule has 2 fully saturated rings. The zero-order valence-electron chi connectivity index (χ0n) is 44.1. The lowest BCUT2D eigenvalue weighted by Crippen LogP contribution is -2.70. The van der Waals surface area contributed by atoms with E-state index >= 15 is 0 Å². The van der Waals surface area contributed by atoms with Crippen LogP contribution in [0.5, 0.6) is 11.5 Å². The van der Waals surface area contributed by atoms with Crippen molar-refractivity contribution in [1.82, 2.24) is 38.5 Å². The van der Waals surface area contributed by atoms with Crippen LogP contribution in [-0.2, 0) is 52.3 Å². The number of ether oxygens (including phenoxy) is 4. The Kier molecular flexibility index (Phi) is 18.4. The Morgan fingerprint density at radius 3 is 1.38 bits per heavy atom. The number of carbonyl (C=O) groups is 2. The Hall–Kier alpha value is -4.90. The van der Waals surface area contributed by atoms with Gasteiger partial charge in [0.25, 0.3) is 0 Å². The van der Waals surface area contributed by atoms with Gasteiger partial charge in [0.05, 0.1) is 13.2 Å². The summed E-state index contributed by atoms with van der Waals surface area (Å²) in [4.78, 5) is 41.0. The molecule has 76 heavy (non-hydrogen) atoms. The fourth-order valence-electron chi connectivity index (χ4n) is 11.3. The maximum absolute atomic E-state index is 13.8. The molecule has 24 nitrogen and oxygen atoms in total. The van der Waals surface area contributed by atoms with Gasteiger partial charge in [0.2, 0.25) is 11.9 Å². The number of nitrogens with one attached hydrogen (secondary N) is 4. The molecule has 2 aromatic rings. The lowest BCUT2D eigenvalue weighted by molar-refractivity contribution is -0.194. The fourth-order valence-corrected chi connectivity index (χ4v) is 14.2. The molecule has 4 heterocycles. The van der Waals surface area contributed by atoms with Crippen molar-refractivity contribution in [2.24, 2.45) is 21.5 Å². The molecule has 8 rings (SSSR count). The van der Waals surface area contributed by atoms with Crippen LogP contribution in [-0.4, -0.2) is 158 Å². The average molecular weight is 1100 g/mol. The number of carbonyl (C=O) groups excluding carboxylic acids is 2. The van der Waals surface area contributed by atoms with E-state index in [0.717, 1.165) is 95.9 Å². The Balaban J connectivity index is 0.925. The summed E-state index contributed by atoms with van der Waals surface area (Å²) in [6, 6.07) is 11.3. The van der Waals surface area contributed by atoms with Gasteiger partial charge in [-0.15, -0.1) is 9.44 Å². The van der Waals surface area contributed by atoms with E-state index in [1.54, 1.807) is 0 Å². The highest BCUT2D eigenvalue weighted by Crippen LogP contribution is 2.41. The zero-order chi connectivity index (χ0) is 54.4. The minimum Gasteiger partial charge on any atom is -0.493 e. The smallest absolute Gasteiger partial charge is 0.342 e. The standard InChI is InChI=1S/C50H78N12O12S2/c1-33(2)61-47(51)55-49(57-75(61,67)68,53-25-15-31-71-41-23-13-17-35-37(41)19-11-21-39(35)59-27-7-5-8-28-59)73-45(65)43(63)44(64)46(66)74-50(56-48(52)62(34(3)4)76(69,70)58-50)54-26-16-32-72-42-24-14-18-36-38(42)20-12-22-40(36)60-29-9-6-10-30-60/h13-14,17-18,23-24,33-34,39-40,43-44,53-54,57-58,63-64H,5-12,15-16,19-22,25-32H2,1-4H3,(H2,51,55)(H2,52,56). The molecule has 26 heteroatoms. The molecule has 6 unspecified atom stereocenters. The molecule has 10 N–H and O–H groups in total. The highest BCUT2D eigenvalue weighted by Gasteiger charge is 2.51. The first-order valence-corrected chi connectivity index (χ1v) is 29.8. The summed E-state index contributed by atoms with van der Waals surface area (Å²) in [6.45, 7) is 10.5. The third kappa shape index (κ3) is 13.0. The summed E-state index contributed by atoms with van der Waals surface area (Å²) in [5, 5.41) is 27.9. The van der Waals surface area contributed by atoms with Crippen LogP contribution < -0.4 is 41.0 Å². The second-order valence-electron chi connectivity index (χ2n) is 20.9. The van der Waals surface area contributed by atoms with Crippen LogP contribution in [0.1, 0.15) is 139 Å². The van der Waals surface area contributed by atoms with Gasteiger partial charge < -0.3 is 40.6 Å². The molecule has 422 valence electrons. The Morgan fingerprint density at radius 2 is 1.03 bits per heavy atom. The summed E-state index contributed by atoms with van der Waals surface area (Å²) in [6.07, 6.45) is 8.05. The second-order valence-corrected chi connectivity index (χ2v) is 24.0. The number of nitrogens with zero attached hydrogens (tertiary/aromatic N) is 6. The van der Waals surface area contributed by atoms with Crippen molar-refractivity contribution in [1.29, 1.82) is 0 Å². The summed E-state index contributed by atoms with van der Waals surface area (Å²) < 4.78 is 83.8. The SMILES string of the molecule is CC(C)N1C(N)=NC(NCCCOc2cccc3c2CCCC3N2CCCCC2)(OC(=O)C(O)C(O)C(=O)OC2(NCCCOc3cccc4c3CCCC4N3CCCCC3)N=C(N)N(C(C)C)S(=O)(=O)N2)NS1(=O)=O. The topological polar surface area (TPSA) is 318 Å². The van der Waals surface area contributed by atoms with Crippen molar-refractivity contribution < 1.29 is 55.6 Å². The highest BCUT2D eigenvalue weighted by atomic mass is 32.2. The molecule has 0 radical (unpaired) electrons. The van der Waals surface area contributed by atoms with Gasteiger partial charge in [-0.25, -0.2) is 28.8 Å². The van der Waals surface area contributed by atoms with E-state index in [-0.39, 0.29) is 39.1 Å². The highest BCUT2D eigenvalue weighted by molar-refractivity contribution is 7.88. The third-order valence-electron chi connectivity index (χ3n) is 14.7. The first-order chi connectivity index (χ1) is 36.2. The van der Waals surface area contributed by atoms with Crippen LogP contribution in [0.2, 0.25) is 0 Å². The van der Waals surface area contributed by atoms with E-state index in [2.05, 4.69) is 52.0 Å². The van der Waals surface area contributed by atoms with Crippen molar-refractivity contribution in [3.8, 4) is 11.5 Å². The maximum atomic E-state index is 13.8. The molecule has 0 saturated carbocycles. The lowest BCUT2D eigenvalue weighted by Gasteiger charge is -2.40. The molecule has 2 saturated heterocycles. The van der Waals surface area contributed by atoms with Crippen molar-refractivity contribution in [3.63, 3.8) is 0 Å². The quantitative estimate of drug-likeness (QED) is 0.0500. The largest absolute Gasteiger partial charge is 0.493 e. The number of piperidine rings is 2. The van der Waals surface area contributed by atoms with E-state index in [1.165, 1.54) is 77.3 Å². The molecule has 0 spiro atoms. The minimum atomic E-state index is -4.59. The van der Waals surface area contributed by atoms with Crippen molar-refractivity contribution in [3.05, 3.63) is 58.7 Å². The lowest BCUT2D eigenvalue weighted by atomic mass is 9.85. The zero-order valence-corrected chi connectivity index (χ0v) is 45.7. The average Bonchev–Trinajstić information content (AvgIpc) is 3.37. The maximum Gasteiger partial charge on any atom is 0.342 e. The number of benzene rings is 2. The predicted molar refractivity (Wildman–Crippen MR) is 282 cm³/mol. The number of hydrogen-bond donors (Lipinski definition) is 8. The molecule has 2 aliphatic carbocycles. The van der Waals surface area contributed by atoms with Crippen LogP contribution in [0.15, 0.2) is 46.4 Å². The van der Waals surface area contributed by atoms with Crippen molar-refractivity contribution in [2.45, 2.75) is 166 Å². The summed E-state index contributed by atoms with van der Waals surface area (Å²) in [5.41, 5.74) is 17.2.